The fourth-order valence-corrected chi connectivity index (χ4v) is 3.18. The highest BCUT2D eigenvalue weighted by Gasteiger charge is 2.30. The molecule has 0 aliphatic carbocycles. The minimum absolute atomic E-state index is 0.00268. The van der Waals surface area contributed by atoms with Crippen LogP contribution in [0.1, 0.15) is 12.8 Å². The summed E-state index contributed by atoms with van der Waals surface area (Å²) in [6.07, 6.45) is 8.44. The van der Waals surface area contributed by atoms with Crippen molar-refractivity contribution < 1.29 is 9.18 Å². The standard InChI is InChI=1S/C18H19FN6O/c1-23-12-14(10-20-23)24-8-4-6-16(18(24)26)22-13-9-21-25(11-13)17-7-3-2-5-15(17)19/h2-3,5,7,9-12,16,22H,4,6,8H2,1H3. The van der Waals surface area contributed by atoms with Crippen molar-refractivity contribution in [3.8, 4) is 5.69 Å². The third kappa shape index (κ3) is 3.05. The number of amides is 1. The maximum absolute atomic E-state index is 13.9. The fraction of sp³-hybridized carbons (Fsp3) is 0.278. The molecule has 1 aliphatic heterocycles. The zero-order valence-corrected chi connectivity index (χ0v) is 14.3. The van der Waals surface area contributed by atoms with Crippen molar-refractivity contribution in [3.05, 3.63) is 54.9 Å². The molecule has 4 rings (SSSR count). The minimum Gasteiger partial charge on any atom is -0.371 e. The normalized spacial score (nSPS) is 17.5. The topological polar surface area (TPSA) is 68.0 Å². The number of carbonyl (C=O) groups is 1. The Kier molecular flexibility index (Phi) is 4.16. The molecule has 1 unspecified atom stereocenters. The molecule has 1 aromatic carbocycles. The third-order valence-corrected chi connectivity index (χ3v) is 4.46. The van der Waals surface area contributed by atoms with Crippen LogP contribution in [0.5, 0.6) is 0 Å². The molecule has 0 spiro atoms. The number of nitrogens with zero attached hydrogens (tertiary/aromatic N) is 5. The lowest BCUT2D eigenvalue weighted by molar-refractivity contribution is -0.120. The molecule has 7 nitrogen and oxygen atoms in total. The second-order valence-corrected chi connectivity index (χ2v) is 6.33. The quantitative estimate of drug-likeness (QED) is 0.781. The molecule has 2 aromatic heterocycles. The minimum atomic E-state index is -0.348. The zero-order valence-electron chi connectivity index (χ0n) is 14.3. The molecule has 1 aliphatic rings. The summed E-state index contributed by atoms with van der Waals surface area (Å²) in [7, 11) is 1.82. The average molecular weight is 354 g/mol. The molecule has 1 fully saturated rings. The maximum atomic E-state index is 13.9. The van der Waals surface area contributed by atoms with E-state index >= 15 is 0 Å². The van der Waals surface area contributed by atoms with E-state index in [4.69, 9.17) is 0 Å². The first-order chi connectivity index (χ1) is 12.6. The Morgan fingerprint density at radius 1 is 1.19 bits per heavy atom. The van der Waals surface area contributed by atoms with Crippen LogP contribution >= 0.6 is 0 Å². The van der Waals surface area contributed by atoms with Crippen molar-refractivity contribution in [1.29, 1.82) is 0 Å². The van der Waals surface area contributed by atoms with E-state index in [0.717, 1.165) is 18.5 Å². The smallest absolute Gasteiger partial charge is 0.249 e. The Hall–Kier alpha value is -3.16. The maximum Gasteiger partial charge on any atom is 0.249 e. The highest BCUT2D eigenvalue weighted by Crippen LogP contribution is 2.23. The largest absolute Gasteiger partial charge is 0.371 e. The number of rotatable bonds is 4. The molecule has 26 heavy (non-hydrogen) atoms. The van der Waals surface area contributed by atoms with Gasteiger partial charge in [0.05, 0.1) is 30.0 Å². The van der Waals surface area contributed by atoms with Gasteiger partial charge in [-0.05, 0) is 25.0 Å². The molecule has 1 N–H and O–H groups in total. The molecule has 3 heterocycles. The van der Waals surface area contributed by atoms with Gasteiger partial charge in [0.15, 0.2) is 0 Å². The summed E-state index contributed by atoms with van der Waals surface area (Å²) in [5.41, 5.74) is 1.85. The van der Waals surface area contributed by atoms with Gasteiger partial charge in [0.25, 0.3) is 0 Å². The SMILES string of the molecule is Cn1cc(N2CCCC(Nc3cnn(-c4ccccc4F)c3)C2=O)cn1. The summed E-state index contributed by atoms with van der Waals surface area (Å²) in [6.45, 7) is 0.678. The van der Waals surface area contributed by atoms with Gasteiger partial charge in [-0.15, -0.1) is 0 Å². The van der Waals surface area contributed by atoms with Crippen LogP contribution in [0.25, 0.3) is 5.69 Å². The van der Waals surface area contributed by atoms with Crippen LogP contribution < -0.4 is 10.2 Å². The van der Waals surface area contributed by atoms with E-state index in [1.165, 1.54) is 10.7 Å². The molecule has 0 radical (unpaired) electrons. The summed E-state index contributed by atoms with van der Waals surface area (Å²) in [4.78, 5) is 14.6. The third-order valence-electron chi connectivity index (χ3n) is 4.46. The summed E-state index contributed by atoms with van der Waals surface area (Å²) in [5.74, 6) is -0.346. The predicted octanol–water partition coefficient (Wildman–Crippen LogP) is 2.35. The van der Waals surface area contributed by atoms with Crippen LogP contribution in [0.15, 0.2) is 49.1 Å². The summed E-state index contributed by atoms with van der Waals surface area (Å²) >= 11 is 0. The number of carbonyl (C=O) groups excluding carboxylic acids is 1. The molecule has 134 valence electrons. The van der Waals surface area contributed by atoms with Gasteiger partial charge < -0.3 is 10.2 Å². The summed E-state index contributed by atoms with van der Waals surface area (Å²) in [6, 6.07) is 6.09. The average Bonchev–Trinajstić information content (AvgIpc) is 3.26. The number of hydrogen-bond donors (Lipinski definition) is 1. The first kappa shape index (κ1) is 16.3. The lowest BCUT2D eigenvalue weighted by Crippen LogP contribution is -2.47. The van der Waals surface area contributed by atoms with Crippen LogP contribution in [0.4, 0.5) is 15.8 Å². The molecule has 0 bridgehead atoms. The molecule has 3 aromatic rings. The van der Waals surface area contributed by atoms with Crippen LogP contribution in [0.3, 0.4) is 0 Å². The monoisotopic (exact) mass is 354 g/mol. The van der Waals surface area contributed by atoms with Gasteiger partial charge in [-0.1, -0.05) is 12.1 Å². The predicted molar refractivity (Wildman–Crippen MR) is 95.7 cm³/mol. The van der Waals surface area contributed by atoms with Gasteiger partial charge in [-0.25, -0.2) is 9.07 Å². The fourth-order valence-electron chi connectivity index (χ4n) is 3.18. The number of piperidine rings is 1. The van der Waals surface area contributed by atoms with Crippen molar-refractivity contribution in [1.82, 2.24) is 19.6 Å². The van der Waals surface area contributed by atoms with Gasteiger partial charge in [0.1, 0.15) is 17.5 Å². The number of nitrogens with one attached hydrogen (secondary N) is 1. The van der Waals surface area contributed by atoms with Crippen LogP contribution in [-0.2, 0) is 11.8 Å². The summed E-state index contributed by atoms with van der Waals surface area (Å²) < 4.78 is 17.0. The van der Waals surface area contributed by atoms with Gasteiger partial charge in [0, 0.05) is 19.8 Å². The number of benzene rings is 1. The molecule has 1 amide bonds. The Balaban J connectivity index is 1.50. The summed E-state index contributed by atoms with van der Waals surface area (Å²) in [5, 5.41) is 11.6. The Morgan fingerprint density at radius 3 is 2.81 bits per heavy atom. The Bertz CT molecular complexity index is 933. The van der Waals surface area contributed by atoms with Gasteiger partial charge in [-0.3, -0.25) is 9.48 Å². The van der Waals surface area contributed by atoms with Crippen LogP contribution in [0, 0.1) is 5.82 Å². The van der Waals surface area contributed by atoms with Crippen molar-refractivity contribution in [2.75, 3.05) is 16.8 Å². The highest BCUT2D eigenvalue weighted by atomic mass is 19.1. The van der Waals surface area contributed by atoms with Crippen LogP contribution in [-0.4, -0.2) is 38.1 Å². The van der Waals surface area contributed by atoms with Crippen molar-refractivity contribution in [3.63, 3.8) is 0 Å². The molecule has 8 heteroatoms. The second-order valence-electron chi connectivity index (χ2n) is 6.33. The molecule has 0 saturated carbocycles. The van der Waals surface area contributed by atoms with E-state index < -0.39 is 0 Å². The van der Waals surface area contributed by atoms with E-state index in [-0.39, 0.29) is 17.8 Å². The lowest BCUT2D eigenvalue weighted by Gasteiger charge is -2.31. The second kappa shape index (κ2) is 6.62. The van der Waals surface area contributed by atoms with E-state index in [1.54, 1.807) is 46.4 Å². The van der Waals surface area contributed by atoms with E-state index in [2.05, 4.69) is 15.5 Å². The number of halogens is 1. The zero-order chi connectivity index (χ0) is 18.1. The first-order valence-electron chi connectivity index (χ1n) is 8.48. The molecular weight excluding hydrogens is 335 g/mol. The molecule has 1 saturated heterocycles. The Morgan fingerprint density at radius 2 is 2.04 bits per heavy atom. The van der Waals surface area contributed by atoms with Crippen molar-refractivity contribution in [2.24, 2.45) is 7.05 Å². The number of aryl methyl sites for hydroxylation is 1. The van der Waals surface area contributed by atoms with Crippen molar-refractivity contribution >= 4 is 17.3 Å². The Labute approximate surface area is 150 Å². The van der Waals surface area contributed by atoms with Crippen LogP contribution in [0.2, 0.25) is 0 Å². The molecule has 1 atom stereocenters. The number of para-hydroxylation sites is 1. The van der Waals surface area contributed by atoms with Crippen molar-refractivity contribution in [2.45, 2.75) is 18.9 Å². The number of anilines is 2. The van der Waals surface area contributed by atoms with E-state index in [1.807, 2.05) is 13.2 Å². The van der Waals surface area contributed by atoms with Gasteiger partial charge in [0.2, 0.25) is 5.91 Å². The highest BCUT2D eigenvalue weighted by molar-refractivity contribution is 5.99. The number of hydrogen-bond acceptors (Lipinski definition) is 4. The first-order valence-corrected chi connectivity index (χ1v) is 8.48. The van der Waals surface area contributed by atoms with Gasteiger partial charge >= 0.3 is 0 Å². The van der Waals surface area contributed by atoms with Gasteiger partial charge in [-0.2, -0.15) is 10.2 Å². The molecular formula is C18H19FN6O. The van der Waals surface area contributed by atoms with E-state index in [9.17, 15) is 9.18 Å². The number of aromatic nitrogens is 4. The lowest BCUT2D eigenvalue weighted by atomic mass is 10.0. The van der Waals surface area contributed by atoms with E-state index in [0.29, 0.717) is 17.9 Å².